The summed E-state index contributed by atoms with van der Waals surface area (Å²) in [4.78, 5) is 71.7. The van der Waals surface area contributed by atoms with Crippen LogP contribution >= 0.6 is 43.2 Å². The monoisotopic (exact) mass is 827 g/mol. The number of carbonyl (C=O) groups excluding carboxylic acids is 5. The van der Waals surface area contributed by atoms with Gasteiger partial charge in [-0.2, -0.15) is 0 Å². The molecule has 2 aromatic rings. The number of carbonyl (C=O) groups is 5. The molecule has 2 fully saturated rings. The molecule has 13 nitrogen and oxygen atoms in total. The lowest BCUT2D eigenvalue weighted by atomic mass is 10.0. The van der Waals surface area contributed by atoms with Crippen LogP contribution in [0.1, 0.15) is 36.0 Å². The summed E-state index contributed by atoms with van der Waals surface area (Å²) < 4.78 is 5.66. The molecular formula is C38H49N7O6S4. The molecule has 5 rings (SSSR count). The number of benzene rings is 2. The average molecular weight is 828 g/mol. The van der Waals surface area contributed by atoms with Crippen molar-refractivity contribution in [3.05, 3.63) is 65.2 Å². The molecule has 0 aliphatic carbocycles. The fraction of sp³-hybridized carbons (Fsp3) is 0.500. The summed E-state index contributed by atoms with van der Waals surface area (Å²) in [5.74, 6) is 9.36. The minimum Gasteiger partial charge on any atom is -0.380 e. The highest BCUT2D eigenvalue weighted by Crippen LogP contribution is 2.26. The molecule has 3 N–H and O–H groups in total. The van der Waals surface area contributed by atoms with Gasteiger partial charge in [-0.05, 0) is 23.8 Å². The Hall–Kier alpha value is -3.69. The molecule has 55 heavy (non-hydrogen) atoms. The number of anilines is 1. The van der Waals surface area contributed by atoms with E-state index in [1.807, 2.05) is 48.5 Å². The van der Waals surface area contributed by atoms with Gasteiger partial charge < -0.3 is 40.3 Å². The predicted octanol–water partition coefficient (Wildman–Crippen LogP) is 3.88. The molecule has 296 valence electrons. The Labute approximate surface area is 339 Å². The molecule has 3 aliphatic rings. The molecule has 2 saturated heterocycles. The van der Waals surface area contributed by atoms with Gasteiger partial charge in [0.05, 0.1) is 31.9 Å². The Bertz CT molecular complexity index is 1640. The zero-order valence-corrected chi connectivity index (χ0v) is 34.2. The Balaban J connectivity index is 1.02. The second-order valence-corrected chi connectivity index (χ2v) is 18.1. The molecule has 0 spiro atoms. The predicted molar refractivity (Wildman–Crippen MR) is 224 cm³/mol. The Morgan fingerprint density at radius 2 is 1.20 bits per heavy atom. The largest absolute Gasteiger partial charge is 0.380 e. The second kappa shape index (κ2) is 23.4. The van der Waals surface area contributed by atoms with Gasteiger partial charge in [-0.3, -0.25) is 14.4 Å². The highest BCUT2D eigenvalue weighted by Gasteiger charge is 2.22. The van der Waals surface area contributed by atoms with Crippen molar-refractivity contribution in [2.75, 3.05) is 100 Å². The van der Waals surface area contributed by atoms with E-state index < -0.39 is 0 Å². The average Bonchev–Trinajstić information content (AvgIpc) is 3.64. The molecule has 3 aliphatic heterocycles. The first-order chi connectivity index (χ1) is 26.9. The number of rotatable bonds is 15. The maximum absolute atomic E-state index is 13.4. The molecule has 0 saturated carbocycles. The lowest BCUT2D eigenvalue weighted by molar-refractivity contribution is -0.132. The lowest BCUT2D eigenvalue weighted by Gasteiger charge is -2.26. The van der Waals surface area contributed by atoms with E-state index in [0.717, 1.165) is 45.4 Å². The molecule has 7 amide bonds. The van der Waals surface area contributed by atoms with E-state index in [1.54, 1.807) is 62.8 Å². The second-order valence-electron chi connectivity index (χ2n) is 12.7. The van der Waals surface area contributed by atoms with Crippen LogP contribution in [0.15, 0.2) is 48.5 Å². The van der Waals surface area contributed by atoms with E-state index in [1.165, 1.54) is 0 Å². The van der Waals surface area contributed by atoms with Crippen molar-refractivity contribution in [3.63, 3.8) is 0 Å². The van der Waals surface area contributed by atoms with Gasteiger partial charge in [0, 0.05) is 106 Å². The van der Waals surface area contributed by atoms with Crippen LogP contribution in [0.4, 0.5) is 15.3 Å². The van der Waals surface area contributed by atoms with Crippen LogP contribution in [0.3, 0.4) is 0 Å². The van der Waals surface area contributed by atoms with E-state index in [9.17, 15) is 24.0 Å². The maximum atomic E-state index is 13.4. The molecule has 0 aromatic heterocycles. The number of fused-ring (bicyclic) bond motifs is 2. The third-order valence-electron chi connectivity index (χ3n) is 8.96. The number of amides is 7. The highest BCUT2D eigenvalue weighted by molar-refractivity contribution is 8.77. The quantitative estimate of drug-likeness (QED) is 0.138. The summed E-state index contributed by atoms with van der Waals surface area (Å²) >= 11 is 0. The van der Waals surface area contributed by atoms with Crippen molar-refractivity contribution in [2.24, 2.45) is 0 Å². The van der Waals surface area contributed by atoms with Crippen LogP contribution in [-0.4, -0.2) is 140 Å². The van der Waals surface area contributed by atoms with Crippen molar-refractivity contribution < 1.29 is 28.7 Å². The van der Waals surface area contributed by atoms with Crippen molar-refractivity contribution in [1.82, 2.24) is 30.7 Å². The van der Waals surface area contributed by atoms with E-state index in [0.29, 0.717) is 45.8 Å². The molecule has 0 unspecified atom stereocenters. The van der Waals surface area contributed by atoms with Gasteiger partial charge in [-0.25, -0.2) is 9.59 Å². The SMILES string of the molecule is O=C(CCOCCC(=O)N(CCNC(=O)N1CCSSCC1)CCNC(=O)N1CCSSCC1)NCCC(=O)N1Cc2ccccc2C#Cc2ccccc21. The smallest absolute Gasteiger partial charge is 0.317 e. The maximum Gasteiger partial charge on any atom is 0.317 e. The van der Waals surface area contributed by atoms with Gasteiger partial charge in [0.15, 0.2) is 0 Å². The third kappa shape index (κ3) is 14.1. The first kappa shape index (κ1) is 42.5. The first-order valence-electron chi connectivity index (χ1n) is 18.5. The van der Waals surface area contributed by atoms with Gasteiger partial charge in [0.25, 0.3) is 0 Å². The number of hydrogen-bond donors (Lipinski definition) is 3. The molecule has 2 aromatic carbocycles. The molecular weight excluding hydrogens is 779 g/mol. The van der Waals surface area contributed by atoms with Gasteiger partial charge in [-0.1, -0.05) is 85.3 Å². The van der Waals surface area contributed by atoms with Crippen LogP contribution in [0.5, 0.6) is 0 Å². The zero-order chi connectivity index (χ0) is 38.7. The number of para-hydroxylation sites is 1. The third-order valence-corrected chi connectivity index (χ3v) is 13.7. The first-order valence-corrected chi connectivity index (χ1v) is 23.5. The van der Waals surface area contributed by atoms with Crippen molar-refractivity contribution in [1.29, 1.82) is 0 Å². The standard InChI is InChI=1S/C38H49N7O6S4/c46-34(39-14-11-36(48)45-29-32-7-2-1-5-30(32)9-10-31-6-3-4-8-33(31)45)12-23-51-24-13-35(47)42(17-15-40-37(49)43-19-25-52-53-26-20-43)18-16-41-38(50)44-21-27-54-55-28-22-44/h1-8H,11-29H2,(H,39,46)(H,40,49)(H,41,50). The highest BCUT2D eigenvalue weighted by atomic mass is 33.1. The van der Waals surface area contributed by atoms with E-state index in [2.05, 4.69) is 27.8 Å². The number of nitrogens with one attached hydrogen (secondary N) is 3. The summed E-state index contributed by atoms with van der Waals surface area (Å²) in [6.07, 6.45) is 0.290. The number of hydrogen-bond acceptors (Lipinski definition) is 10. The molecule has 0 bridgehead atoms. The minimum absolute atomic E-state index is 0.0840. The molecule has 0 radical (unpaired) electrons. The van der Waals surface area contributed by atoms with Gasteiger partial charge >= 0.3 is 12.1 Å². The Kier molecular flexibility index (Phi) is 18.1. The minimum atomic E-state index is -0.250. The number of urea groups is 2. The summed E-state index contributed by atoms with van der Waals surface area (Å²) in [5.41, 5.74) is 3.36. The van der Waals surface area contributed by atoms with Crippen LogP contribution in [-0.2, 0) is 25.7 Å². The van der Waals surface area contributed by atoms with Crippen LogP contribution in [0.2, 0.25) is 0 Å². The molecule has 3 heterocycles. The van der Waals surface area contributed by atoms with E-state index >= 15 is 0 Å². The van der Waals surface area contributed by atoms with Gasteiger partial charge in [0.2, 0.25) is 17.7 Å². The van der Waals surface area contributed by atoms with E-state index in [-0.39, 0.29) is 81.9 Å². The molecule has 17 heteroatoms. The zero-order valence-electron chi connectivity index (χ0n) is 30.9. The van der Waals surface area contributed by atoms with Crippen molar-refractivity contribution >= 4 is 78.6 Å². The van der Waals surface area contributed by atoms with Gasteiger partial charge in [-0.15, -0.1) is 0 Å². The number of ether oxygens (including phenoxy) is 1. The topological polar surface area (TPSA) is 144 Å². The summed E-state index contributed by atoms with van der Waals surface area (Å²) in [6.45, 7) is 4.66. The lowest BCUT2D eigenvalue weighted by Crippen LogP contribution is -2.48. The number of nitrogens with zero attached hydrogens (tertiary/aromatic N) is 4. The summed E-state index contributed by atoms with van der Waals surface area (Å²) in [6, 6.07) is 15.1. The van der Waals surface area contributed by atoms with E-state index in [4.69, 9.17) is 4.74 Å². The van der Waals surface area contributed by atoms with Crippen molar-refractivity contribution in [3.8, 4) is 11.8 Å². The Morgan fingerprint density at radius 1 is 0.655 bits per heavy atom. The Morgan fingerprint density at radius 3 is 1.84 bits per heavy atom. The summed E-state index contributed by atoms with van der Waals surface area (Å²) in [5, 5.41) is 8.69. The fourth-order valence-electron chi connectivity index (χ4n) is 5.96. The van der Waals surface area contributed by atoms with Gasteiger partial charge in [0.1, 0.15) is 0 Å². The normalized spacial score (nSPS) is 15.4. The fourth-order valence-corrected chi connectivity index (χ4v) is 9.92. The van der Waals surface area contributed by atoms with Crippen molar-refractivity contribution in [2.45, 2.75) is 25.8 Å². The summed E-state index contributed by atoms with van der Waals surface area (Å²) in [7, 11) is 7.05. The molecule has 0 atom stereocenters. The van der Waals surface area contributed by atoms with Crippen LogP contribution in [0, 0.1) is 11.8 Å². The van der Waals surface area contributed by atoms with Crippen LogP contribution < -0.4 is 20.9 Å². The van der Waals surface area contributed by atoms with Crippen LogP contribution in [0.25, 0.3) is 0 Å².